The highest BCUT2D eigenvalue weighted by atomic mass is 35.5. The molecule has 0 aliphatic carbocycles. The lowest BCUT2D eigenvalue weighted by molar-refractivity contribution is -0.116. The average molecular weight is 775 g/mol. The summed E-state index contributed by atoms with van der Waals surface area (Å²) in [4.78, 5) is 25.7. The van der Waals surface area contributed by atoms with Crippen LogP contribution in [0, 0.1) is 0 Å². The lowest BCUT2D eigenvalue weighted by atomic mass is 9.76. The molecule has 1 heterocycles. The van der Waals surface area contributed by atoms with Crippen molar-refractivity contribution in [2.45, 2.75) is 78.1 Å². The van der Waals surface area contributed by atoms with E-state index >= 15 is 0 Å². The van der Waals surface area contributed by atoms with Crippen molar-refractivity contribution >= 4 is 92.7 Å². The molecule has 13 heteroatoms. The molecule has 1 aromatic heterocycles. The van der Waals surface area contributed by atoms with Crippen LogP contribution in [0.5, 0.6) is 5.75 Å². The van der Waals surface area contributed by atoms with Gasteiger partial charge in [0.05, 0.1) is 42.4 Å². The van der Waals surface area contributed by atoms with Crippen LogP contribution in [0.1, 0.15) is 78.4 Å². The van der Waals surface area contributed by atoms with Crippen molar-refractivity contribution in [3.63, 3.8) is 0 Å². The maximum Gasteiger partial charge on any atom is 0.273 e. The van der Waals surface area contributed by atoms with Gasteiger partial charge in [-0.05, 0) is 59.9 Å². The van der Waals surface area contributed by atoms with Crippen LogP contribution in [0.3, 0.4) is 0 Å². The number of benzene rings is 3. The van der Waals surface area contributed by atoms with Crippen molar-refractivity contribution in [2.24, 2.45) is 0 Å². The quantitative estimate of drug-likeness (QED) is 0.0717. The number of aromatic amines is 1. The molecule has 3 aromatic carbocycles. The first-order valence-electron chi connectivity index (χ1n) is 15.5. The third-order valence-corrected chi connectivity index (χ3v) is 11.3. The Morgan fingerprint density at radius 3 is 2.08 bits per heavy atom. The minimum Gasteiger partial charge on any atom is -0.493 e. The van der Waals surface area contributed by atoms with Gasteiger partial charge in [0, 0.05) is 23.7 Å². The molecule has 0 saturated carbocycles. The first kappa shape index (κ1) is 38.3. The zero-order valence-electron chi connectivity index (χ0n) is 27.5. The summed E-state index contributed by atoms with van der Waals surface area (Å²) in [6.45, 7) is 13.7. The highest BCUT2D eigenvalue weighted by molar-refractivity contribution is 6.56. The number of hydrogen-bond acceptors (Lipinski definition) is 4. The summed E-state index contributed by atoms with van der Waals surface area (Å²) in [6.07, 6.45) is 2.78. The molecule has 4 aromatic rings. The van der Waals surface area contributed by atoms with E-state index in [1.165, 1.54) is 17.2 Å². The summed E-state index contributed by atoms with van der Waals surface area (Å²) in [5, 5.41) is 8.93. The van der Waals surface area contributed by atoms with E-state index in [1.54, 1.807) is 18.2 Å². The molecule has 0 radical (unpaired) electrons. The van der Waals surface area contributed by atoms with Gasteiger partial charge < -0.3 is 15.4 Å². The number of amides is 1. The van der Waals surface area contributed by atoms with E-state index in [4.69, 9.17) is 74.3 Å². The van der Waals surface area contributed by atoms with Crippen molar-refractivity contribution < 1.29 is 9.53 Å². The molecule has 3 N–H and O–H groups in total. The van der Waals surface area contributed by atoms with E-state index in [1.807, 2.05) is 0 Å². The first-order chi connectivity index (χ1) is 22.5. The van der Waals surface area contributed by atoms with E-state index in [2.05, 4.69) is 75.5 Å². The number of anilines is 3. The monoisotopic (exact) mass is 772 g/mol. The van der Waals surface area contributed by atoms with E-state index in [0.717, 1.165) is 23.3 Å². The molecule has 48 heavy (non-hydrogen) atoms. The minimum atomic E-state index is -0.510. The molecule has 0 spiro atoms. The second-order valence-corrected chi connectivity index (χ2v) is 15.1. The van der Waals surface area contributed by atoms with Crippen molar-refractivity contribution in [1.29, 1.82) is 0 Å². The number of ether oxygens (including phenoxy) is 1. The largest absolute Gasteiger partial charge is 0.493 e. The van der Waals surface area contributed by atoms with E-state index in [0.29, 0.717) is 29.4 Å². The molecular formula is C35H38Cl6N4O3. The first-order valence-corrected chi connectivity index (χ1v) is 17.8. The normalized spacial score (nSPS) is 11.9. The van der Waals surface area contributed by atoms with Crippen LogP contribution in [0.15, 0.2) is 47.3 Å². The van der Waals surface area contributed by atoms with Crippen LogP contribution in [0.4, 0.5) is 17.2 Å². The van der Waals surface area contributed by atoms with Gasteiger partial charge in [0.1, 0.15) is 17.3 Å². The lowest BCUT2D eigenvalue weighted by Crippen LogP contribution is -2.21. The van der Waals surface area contributed by atoms with Crippen molar-refractivity contribution in [3.8, 4) is 11.4 Å². The predicted molar refractivity (Wildman–Crippen MR) is 203 cm³/mol. The molecule has 0 unspecified atom stereocenters. The van der Waals surface area contributed by atoms with Gasteiger partial charge in [0.25, 0.3) is 5.56 Å². The maximum absolute atomic E-state index is 12.9. The standard InChI is InChI=1S/C35H38Cl6N4O3/c1-7-34(3,4)19-11-14-24(21(16-19)35(5,6)8-2)48-15-9-10-26(46)42-20-12-13-22(36)23(17-20)43-25-18-27(47)45(44-25)33-31(40)29(38)28(37)30(39)32(33)41/h11-14,16-18,43-44H,7-10,15H2,1-6H3,(H,42,46). The van der Waals surface area contributed by atoms with Gasteiger partial charge in [-0.25, -0.2) is 4.68 Å². The van der Waals surface area contributed by atoms with Crippen LogP contribution in [0.25, 0.3) is 5.69 Å². The van der Waals surface area contributed by atoms with Crippen LogP contribution in [0.2, 0.25) is 30.1 Å². The summed E-state index contributed by atoms with van der Waals surface area (Å²) in [7, 11) is 0. The predicted octanol–water partition coefficient (Wildman–Crippen LogP) is 12.0. The molecule has 258 valence electrons. The second kappa shape index (κ2) is 15.6. The summed E-state index contributed by atoms with van der Waals surface area (Å²) in [5.74, 6) is 0.931. The van der Waals surface area contributed by atoms with Crippen LogP contribution >= 0.6 is 69.6 Å². The van der Waals surface area contributed by atoms with Gasteiger partial charge in [0.15, 0.2) is 0 Å². The molecule has 7 nitrogen and oxygen atoms in total. The fourth-order valence-corrected chi connectivity index (χ4v) is 6.36. The van der Waals surface area contributed by atoms with Gasteiger partial charge in [-0.1, -0.05) is 123 Å². The number of halogens is 6. The van der Waals surface area contributed by atoms with Crippen molar-refractivity contribution in [2.75, 3.05) is 17.2 Å². The topological polar surface area (TPSA) is 88.2 Å². The smallest absolute Gasteiger partial charge is 0.273 e. The van der Waals surface area contributed by atoms with E-state index < -0.39 is 5.56 Å². The number of aromatic nitrogens is 2. The average Bonchev–Trinajstić information content (AvgIpc) is 3.41. The van der Waals surface area contributed by atoms with Gasteiger partial charge in [-0.15, -0.1) is 0 Å². The summed E-state index contributed by atoms with van der Waals surface area (Å²) in [5.41, 5.74) is 2.95. The number of carbonyl (C=O) groups excluding carboxylic acids is 1. The van der Waals surface area contributed by atoms with E-state index in [9.17, 15) is 9.59 Å². The number of nitrogens with zero attached hydrogens (tertiary/aromatic N) is 1. The molecular weight excluding hydrogens is 737 g/mol. The Kier molecular flexibility index (Phi) is 12.4. The molecule has 0 aliphatic heterocycles. The Morgan fingerprint density at radius 2 is 1.46 bits per heavy atom. The van der Waals surface area contributed by atoms with Crippen molar-refractivity contribution in [1.82, 2.24) is 9.78 Å². The number of nitrogens with one attached hydrogen (secondary N) is 3. The molecule has 0 aliphatic rings. The van der Waals surface area contributed by atoms with Crippen LogP contribution in [-0.4, -0.2) is 22.3 Å². The second-order valence-electron chi connectivity index (χ2n) is 12.8. The van der Waals surface area contributed by atoms with Gasteiger partial charge in [-0.3, -0.25) is 14.7 Å². The molecule has 0 atom stereocenters. The highest BCUT2D eigenvalue weighted by Crippen LogP contribution is 2.45. The number of carbonyl (C=O) groups is 1. The third kappa shape index (κ3) is 8.43. The Balaban J connectivity index is 1.41. The molecule has 1 amide bonds. The molecule has 0 fully saturated rings. The Bertz CT molecular complexity index is 1850. The summed E-state index contributed by atoms with van der Waals surface area (Å²) in [6, 6.07) is 12.7. The Labute approximate surface area is 311 Å². The number of rotatable bonds is 13. The van der Waals surface area contributed by atoms with Crippen molar-refractivity contribution in [3.05, 3.63) is 94.1 Å². The Morgan fingerprint density at radius 1 is 0.833 bits per heavy atom. The van der Waals surface area contributed by atoms with Crippen LogP contribution in [-0.2, 0) is 15.6 Å². The zero-order chi connectivity index (χ0) is 35.6. The van der Waals surface area contributed by atoms with Gasteiger partial charge >= 0.3 is 0 Å². The highest BCUT2D eigenvalue weighted by Gasteiger charge is 2.27. The molecule has 0 bridgehead atoms. The maximum atomic E-state index is 12.9. The molecule has 0 saturated heterocycles. The number of hydrogen-bond donors (Lipinski definition) is 3. The SMILES string of the molecule is CCC(C)(C)c1ccc(OCCCC(=O)Nc2ccc(Cl)c(Nc3cc(=O)n(-c4c(Cl)c(Cl)c(Cl)c(Cl)c4Cl)[nH]3)c2)c(C(C)(C)CC)c1. The van der Waals surface area contributed by atoms with E-state index in [-0.39, 0.29) is 59.8 Å². The Hall–Kier alpha value is -2.52. The lowest BCUT2D eigenvalue weighted by Gasteiger charge is -2.30. The van der Waals surface area contributed by atoms with Gasteiger partial charge in [0.2, 0.25) is 5.91 Å². The third-order valence-electron chi connectivity index (χ3n) is 8.71. The molecule has 4 rings (SSSR count). The number of H-pyrrole nitrogens is 1. The fourth-order valence-electron chi connectivity index (χ4n) is 4.90. The zero-order valence-corrected chi connectivity index (χ0v) is 32.1. The van der Waals surface area contributed by atoms with Crippen LogP contribution < -0.4 is 20.9 Å². The minimum absolute atomic E-state index is 0.0281. The van der Waals surface area contributed by atoms with Gasteiger partial charge in [-0.2, -0.15) is 0 Å². The fraction of sp³-hybridized carbons (Fsp3) is 0.371. The summed E-state index contributed by atoms with van der Waals surface area (Å²) < 4.78 is 7.31. The summed E-state index contributed by atoms with van der Waals surface area (Å²) >= 11 is 37.6.